The highest BCUT2D eigenvalue weighted by atomic mass is 15.0. The number of fused-ring (bicyclic) bond motifs is 1. The lowest BCUT2D eigenvalue weighted by Gasteiger charge is -2.17. The number of rotatable bonds is 9. The van der Waals surface area contributed by atoms with Gasteiger partial charge in [0.1, 0.15) is 5.65 Å². The second kappa shape index (κ2) is 9.37. The molecule has 0 aliphatic rings. The van der Waals surface area contributed by atoms with Gasteiger partial charge in [0, 0.05) is 12.4 Å². The summed E-state index contributed by atoms with van der Waals surface area (Å²) < 4.78 is 2.08. The van der Waals surface area contributed by atoms with Gasteiger partial charge in [-0.3, -0.25) is 0 Å². The van der Waals surface area contributed by atoms with Gasteiger partial charge in [-0.1, -0.05) is 51.0 Å². The number of benzene rings is 1. The maximum atomic E-state index is 8.96. The number of nitriles is 1. The summed E-state index contributed by atoms with van der Waals surface area (Å²) in [6.45, 7) is 8.87. The van der Waals surface area contributed by atoms with Gasteiger partial charge in [-0.05, 0) is 67.0 Å². The maximum absolute atomic E-state index is 8.96. The van der Waals surface area contributed by atoms with Gasteiger partial charge >= 0.3 is 0 Å². The molecule has 2 heterocycles. The third kappa shape index (κ3) is 4.70. The smallest absolute Gasteiger partial charge is 0.137 e. The predicted octanol–water partition coefficient (Wildman–Crippen LogP) is 6.58. The molecule has 0 saturated carbocycles. The molecule has 0 amide bonds. The lowest BCUT2D eigenvalue weighted by atomic mass is 9.89. The molecule has 0 aliphatic heterocycles. The van der Waals surface area contributed by atoms with Crippen LogP contribution in [0.25, 0.3) is 16.8 Å². The monoisotopic (exact) mass is 371 g/mol. The van der Waals surface area contributed by atoms with Gasteiger partial charge in [0.05, 0.1) is 17.3 Å². The highest BCUT2D eigenvalue weighted by Gasteiger charge is 2.11. The lowest BCUT2D eigenvalue weighted by molar-refractivity contribution is 0.500. The number of allylic oxidation sites excluding steroid dienone is 1. The minimum Gasteiger partial charge on any atom is -0.307 e. The molecule has 28 heavy (non-hydrogen) atoms. The van der Waals surface area contributed by atoms with Crippen molar-refractivity contribution in [2.45, 2.75) is 52.4 Å². The highest BCUT2D eigenvalue weighted by Crippen LogP contribution is 2.25. The van der Waals surface area contributed by atoms with E-state index in [1.807, 2.05) is 24.3 Å². The number of hydrogen-bond acceptors (Lipinski definition) is 2. The van der Waals surface area contributed by atoms with Gasteiger partial charge in [0.2, 0.25) is 0 Å². The minimum absolute atomic E-state index is 0.639. The van der Waals surface area contributed by atoms with Crippen molar-refractivity contribution in [1.82, 2.24) is 9.38 Å². The Labute approximate surface area is 168 Å². The molecule has 3 rings (SSSR count). The highest BCUT2D eigenvalue weighted by molar-refractivity contribution is 5.68. The van der Waals surface area contributed by atoms with Crippen LogP contribution in [0.1, 0.15) is 57.2 Å². The quantitative estimate of drug-likeness (QED) is 0.399. The fourth-order valence-corrected chi connectivity index (χ4v) is 3.71. The largest absolute Gasteiger partial charge is 0.307 e. The number of aryl methyl sites for hydroxylation is 1. The van der Waals surface area contributed by atoms with Crippen molar-refractivity contribution in [3.8, 4) is 17.2 Å². The number of aromatic nitrogens is 2. The van der Waals surface area contributed by atoms with Gasteiger partial charge in [-0.25, -0.2) is 4.98 Å². The summed E-state index contributed by atoms with van der Waals surface area (Å²) >= 11 is 0. The number of unbranched alkanes of at least 4 members (excludes halogenated alkanes) is 1. The summed E-state index contributed by atoms with van der Waals surface area (Å²) in [7, 11) is 0. The molecule has 3 nitrogen and oxygen atoms in total. The van der Waals surface area contributed by atoms with E-state index in [9.17, 15) is 0 Å². The van der Waals surface area contributed by atoms with E-state index in [1.54, 1.807) is 0 Å². The molecule has 1 aromatic carbocycles. The normalized spacial score (nSPS) is 12.0. The van der Waals surface area contributed by atoms with Crippen LogP contribution in [-0.4, -0.2) is 9.38 Å². The molecule has 2 aromatic heterocycles. The van der Waals surface area contributed by atoms with Gasteiger partial charge in [-0.2, -0.15) is 5.26 Å². The summed E-state index contributed by atoms with van der Waals surface area (Å²) in [5.74, 6) is 0.639. The van der Waals surface area contributed by atoms with E-state index < -0.39 is 0 Å². The average Bonchev–Trinajstić information content (AvgIpc) is 3.15. The maximum Gasteiger partial charge on any atom is 0.137 e. The molecule has 0 fully saturated rings. The van der Waals surface area contributed by atoms with E-state index in [-0.39, 0.29) is 0 Å². The van der Waals surface area contributed by atoms with Crippen LogP contribution in [0, 0.1) is 17.2 Å². The van der Waals surface area contributed by atoms with Crippen LogP contribution < -0.4 is 0 Å². The Bertz CT molecular complexity index is 973. The zero-order chi connectivity index (χ0) is 19.9. The molecule has 0 saturated heterocycles. The van der Waals surface area contributed by atoms with Crippen molar-refractivity contribution in [3.63, 3.8) is 0 Å². The fraction of sp³-hybridized carbons (Fsp3) is 0.360. The lowest BCUT2D eigenvalue weighted by Crippen LogP contribution is -2.03. The van der Waals surface area contributed by atoms with E-state index in [1.165, 1.54) is 31.3 Å². The molecule has 3 heteroatoms. The Balaban J connectivity index is 1.70. The molecule has 1 atom stereocenters. The SMILES string of the molecule is C=C(CCc1cn2ccc(-c3ccc(C#N)cc3)cc2n1)C(CC)CCCC. The Hall–Kier alpha value is -2.86. The van der Waals surface area contributed by atoms with Crippen LogP contribution in [0.4, 0.5) is 0 Å². The fourth-order valence-electron chi connectivity index (χ4n) is 3.71. The van der Waals surface area contributed by atoms with Gasteiger partial charge in [0.25, 0.3) is 0 Å². The first-order chi connectivity index (χ1) is 13.6. The second-order valence-electron chi connectivity index (χ2n) is 7.51. The molecular weight excluding hydrogens is 342 g/mol. The van der Waals surface area contributed by atoms with Crippen molar-refractivity contribution in [1.29, 1.82) is 5.26 Å². The summed E-state index contributed by atoms with van der Waals surface area (Å²) in [5.41, 5.74) is 6.33. The minimum atomic E-state index is 0.639. The van der Waals surface area contributed by atoms with Crippen LogP contribution in [0.15, 0.2) is 60.9 Å². The molecule has 0 N–H and O–H groups in total. The molecule has 0 aliphatic carbocycles. The average molecular weight is 372 g/mol. The number of imidazole rings is 1. The van der Waals surface area contributed by atoms with Crippen LogP contribution in [-0.2, 0) is 6.42 Å². The van der Waals surface area contributed by atoms with Crippen molar-refractivity contribution in [3.05, 3.63) is 72.2 Å². The first-order valence-electron chi connectivity index (χ1n) is 10.3. The Morgan fingerprint density at radius 1 is 1.18 bits per heavy atom. The standard InChI is InChI=1S/C25H29N3/c1-4-6-7-21(5-2)19(3)8-13-24-18-28-15-14-23(16-25(28)27-24)22-11-9-20(17-26)10-12-22/h9-12,14-16,18,21H,3-8,13H2,1-2H3. The van der Waals surface area contributed by atoms with Crippen LogP contribution in [0.2, 0.25) is 0 Å². The molecule has 0 spiro atoms. The molecule has 3 aromatic rings. The third-order valence-electron chi connectivity index (χ3n) is 5.54. The number of pyridine rings is 1. The first kappa shape index (κ1) is 19.9. The van der Waals surface area contributed by atoms with Crippen molar-refractivity contribution in [2.24, 2.45) is 5.92 Å². The molecule has 1 unspecified atom stereocenters. The van der Waals surface area contributed by atoms with Gasteiger partial charge in [0.15, 0.2) is 0 Å². The van der Waals surface area contributed by atoms with E-state index in [4.69, 9.17) is 10.2 Å². The van der Waals surface area contributed by atoms with Crippen LogP contribution in [0.3, 0.4) is 0 Å². The van der Waals surface area contributed by atoms with Crippen molar-refractivity contribution in [2.75, 3.05) is 0 Å². The van der Waals surface area contributed by atoms with Gasteiger partial charge in [-0.15, -0.1) is 0 Å². The van der Waals surface area contributed by atoms with Crippen LogP contribution >= 0.6 is 0 Å². The first-order valence-corrected chi connectivity index (χ1v) is 10.3. The Morgan fingerprint density at radius 3 is 2.64 bits per heavy atom. The summed E-state index contributed by atoms with van der Waals surface area (Å²) in [6, 6.07) is 14.0. The number of hydrogen-bond donors (Lipinski definition) is 0. The van der Waals surface area contributed by atoms with Crippen molar-refractivity contribution >= 4 is 5.65 Å². The molecular formula is C25H29N3. The van der Waals surface area contributed by atoms with Crippen molar-refractivity contribution < 1.29 is 0 Å². The Morgan fingerprint density at radius 2 is 1.96 bits per heavy atom. The Kier molecular flexibility index (Phi) is 6.66. The van der Waals surface area contributed by atoms with E-state index in [0.717, 1.165) is 35.3 Å². The summed E-state index contributed by atoms with van der Waals surface area (Å²) in [5, 5.41) is 8.96. The summed E-state index contributed by atoms with van der Waals surface area (Å²) in [6.07, 6.45) is 11.1. The third-order valence-corrected chi connectivity index (χ3v) is 5.54. The zero-order valence-electron chi connectivity index (χ0n) is 17.0. The molecule has 0 radical (unpaired) electrons. The molecule has 0 bridgehead atoms. The van der Waals surface area contributed by atoms with Gasteiger partial charge < -0.3 is 4.40 Å². The second-order valence-corrected chi connectivity index (χ2v) is 7.51. The van der Waals surface area contributed by atoms with E-state index >= 15 is 0 Å². The zero-order valence-corrected chi connectivity index (χ0v) is 17.0. The van der Waals surface area contributed by atoms with Crippen LogP contribution in [0.5, 0.6) is 0 Å². The van der Waals surface area contributed by atoms with E-state index in [0.29, 0.717) is 11.5 Å². The van der Waals surface area contributed by atoms with E-state index in [2.05, 4.69) is 55.4 Å². The number of nitrogens with zero attached hydrogens (tertiary/aromatic N) is 3. The summed E-state index contributed by atoms with van der Waals surface area (Å²) in [4.78, 5) is 4.82. The topological polar surface area (TPSA) is 41.1 Å². The molecule has 144 valence electrons. The predicted molar refractivity (Wildman–Crippen MR) is 116 cm³/mol.